The minimum Gasteiger partial charge on any atom is -0.349 e. The summed E-state index contributed by atoms with van der Waals surface area (Å²) in [7, 11) is 0. The van der Waals surface area contributed by atoms with Gasteiger partial charge in [-0.3, -0.25) is 4.79 Å². The van der Waals surface area contributed by atoms with Crippen LogP contribution in [0.2, 0.25) is 0 Å². The molecule has 1 aliphatic carbocycles. The molecule has 0 radical (unpaired) electrons. The normalized spacial score (nSPS) is 22.4. The van der Waals surface area contributed by atoms with Crippen LogP contribution >= 0.6 is 12.4 Å². The largest absolute Gasteiger partial charge is 0.349 e. The van der Waals surface area contributed by atoms with Gasteiger partial charge in [0.2, 0.25) is 5.91 Å². The smallest absolute Gasteiger partial charge is 0.223 e. The lowest BCUT2D eigenvalue weighted by molar-refractivity contribution is -0.126. The number of carbonyl (C=O) groups is 1. The monoisotopic (exact) mass is 280 g/mol. The van der Waals surface area contributed by atoms with Gasteiger partial charge in [-0.2, -0.15) is 0 Å². The molecule has 0 bridgehead atoms. The van der Waals surface area contributed by atoms with Crippen LogP contribution in [0.4, 0.5) is 0 Å². The minimum atomic E-state index is 0. The van der Waals surface area contributed by atoms with Gasteiger partial charge < -0.3 is 10.6 Å². The predicted octanol–water partition coefficient (Wildman–Crippen LogP) is 2.21. The minimum absolute atomic E-state index is 0. The van der Waals surface area contributed by atoms with E-state index in [1.54, 1.807) is 0 Å². The summed E-state index contributed by atoms with van der Waals surface area (Å²) in [6.45, 7) is 1.94. The van der Waals surface area contributed by atoms with E-state index in [-0.39, 0.29) is 30.3 Å². The molecule has 1 saturated heterocycles. The Bertz CT molecular complexity index is 444. The Kier molecular flexibility index (Phi) is 4.83. The fraction of sp³-hybridized carbons (Fsp3) is 0.533. The van der Waals surface area contributed by atoms with Crippen molar-refractivity contribution in [2.45, 2.75) is 31.7 Å². The Hall–Kier alpha value is -1.06. The molecule has 1 aromatic rings. The average molecular weight is 281 g/mol. The third kappa shape index (κ3) is 3.10. The Morgan fingerprint density at radius 3 is 2.68 bits per heavy atom. The van der Waals surface area contributed by atoms with E-state index in [0.29, 0.717) is 0 Å². The number of fused-ring (bicyclic) bond motifs is 1. The molecule has 2 N–H and O–H groups in total. The van der Waals surface area contributed by atoms with E-state index in [1.807, 2.05) is 0 Å². The molecule has 1 atom stereocenters. The van der Waals surface area contributed by atoms with Crippen LogP contribution in [-0.4, -0.2) is 19.0 Å². The molecular formula is C15H21ClN2O. The molecule has 3 nitrogen and oxygen atoms in total. The number of rotatable bonds is 2. The molecule has 2 aliphatic rings. The van der Waals surface area contributed by atoms with Crippen LogP contribution in [0.3, 0.4) is 0 Å². The average Bonchev–Trinajstić information content (AvgIpc) is 2.83. The van der Waals surface area contributed by atoms with Crippen molar-refractivity contribution in [3.05, 3.63) is 35.4 Å². The van der Waals surface area contributed by atoms with Crippen molar-refractivity contribution in [3.8, 4) is 0 Å². The number of carbonyl (C=O) groups excluding carboxylic acids is 1. The van der Waals surface area contributed by atoms with Gasteiger partial charge in [0.15, 0.2) is 0 Å². The number of halogens is 1. The van der Waals surface area contributed by atoms with Crippen LogP contribution in [-0.2, 0) is 11.2 Å². The summed E-state index contributed by atoms with van der Waals surface area (Å²) in [6.07, 6.45) is 4.09. The maximum absolute atomic E-state index is 12.2. The van der Waals surface area contributed by atoms with Crippen molar-refractivity contribution in [1.29, 1.82) is 0 Å². The summed E-state index contributed by atoms with van der Waals surface area (Å²) in [5.41, 5.74) is 2.72. The zero-order valence-electron chi connectivity index (χ0n) is 11.0. The lowest BCUT2D eigenvalue weighted by atomic mass is 9.96. The van der Waals surface area contributed by atoms with E-state index < -0.39 is 0 Å². The Morgan fingerprint density at radius 2 is 1.89 bits per heavy atom. The first-order valence-electron chi connectivity index (χ1n) is 6.93. The first kappa shape index (κ1) is 14.4. The zero-order valence-corrected chi connectivity index (χ0v) is 11.8. The van der Waals surface area contributed by atoms with Gasteiger partial charge in [-0.05, 0) is 49.9 Å². The molecule has 1 fully saturated rings. The maximum atomic E-state index is 12.2. The van der Waals surface area contributed by atoms with E-state index in [9.17, 15) is 4.79 Å². The van der Waals surface area contributed by atoms with Gasteiger partial charge in [0, 0.05) is 5.92 Å². The van der Waals surface area contributed by atoms with E-state index in [4.69, 9.17) is 0 Å². The lowest BCUT2D eigenvalue weighted by Crippen LogP contribution is -2.39. The number of amides is 1. The summed E-state index contributed by atoms with van der Waals surface area (Å²) in [4.78, 5) is 12.2. The molecule has 0 aromatic heterocycles. The highest BCUT2D eigenvalue weighted by Crippen LogP contribution is 2.31. The van der Waals surface area contributed by atoms with Gasteiger partial charge >= 0.3 is 0 Å². The van der Waals surface area contributed by atoms with Crippen molar-refractivity contribution >= 4 is 18.3 Å². The van der Waals surface area contributed by atoms with Gasteiger partial charge in [-0.15, -0.1) is 12.4 Å². The topological polar surface area (TPSA) is 41.1 Å². The molecule has 19 heavy (non-hydrogen) atoms. The second-order valence-corrected chi connectivity index (χ2v) is 5.32. The lowest BCUT2D eigenvalue weighted by Gasteiger charge is -2.24. The number of benzene rings is 1. The van der Waals surface area contributed by atoms with Crippen LogP contribution < -0.4 is 10.6 Å². The SMILES string of the molecule is Cl.O=C(NC1CCc2ccccc21)C1CCNCC1. The number of piperidine rings is 1. The van der Waals surface area contributed by atoms with E-state index >= 15 is 0 Å². The molecule has 104 valence electrons. The maximum Gasteiger partial charge on any atom is 0.223 e. The van der Waals surface area contributed by atoms with Crippen LogP contribution in [0, 0.1) is 5.92 Å². The predicted molar refractivity (Wildman–Crippen MR) is 78.5 cm³/mol. The van der Waals surface area contributed by atoms with Gasteiger partial charge in [-0.1, -0.05) is 24.3 Å². The van der Waals surface area contributed by atoms with Crippen molar-refractivity contribution in [3.63, 3.8) is 0 Å². The Labute approximate surface area is 120 Å². The molecule has 1 heterocycles. The van der Waals surface area contributed by atoms with Gasteiger partial charge in [0.25, 0.3) is 0 Å². The zero-order chi connectivity index (χ0) is 12.4. The number of nitrogens with one attached hydrogen (secondary N) is 2. The second-order valence-electron chi connectivity index (χ2n) is 5.32. The Balaban J connectivity index is 0.00000133. The van der Waals surface area contributed by atoms with Gasteiger partial charge in [-0.25, -0.2) is 0 Å². The number of hydrogen-bond donors (Lipinski definition) is 2. The molecule has 0 spiro atoms. The van der Waals surface area contributed by atoms with E-state index in [2.05, 4.69) is 34.9 Å². The van der Waals surface area contributed by atoms with Crippen LogP contribution in [0.15, 0.2) is 24.3 Å². The van der Waals surface area contributed by atoms with E-state index in [1.165, 1.54) is 11.1 Å². The second kappa shape index (κ2) is 6.40. The molecule has 1 aromatic carbocycles. The molecule has 1 amide bonds. The molecule has 3 rings (SSSR count). The quantitative estimate of drug-likeness (QED) is 0.872. The molecule has 1 aliphatic heterocycles. The highest BCUT2D eigenvalue weighted by atomic mass is 35.5. The fourth-order valence-electron chi connectivity index (χ4n) is 3.08. The number of aryl methyl sites for hydroxylation is 1. The van der Waals surface area contributed by atoms with Crippen molar-refractivity contribution in [2.24, 2.45) is 5.92 Å². The van der Waals surface area contributed by atoms with E-state index in [0.717, 1.165) is 38.8 Å². The highest BCUT2D eigenvalue weighted by Gasteiger charge is 2.27. The first-order chi connectivity index (χ1) is 8.84. The molecule has 1 unspecified atom stereocenters. The van der Waals surface area contributed by atoms with Crippen LogP contribution in [0.5, 0.6) is 0 Å². The third-order valence-electron chi connectivity index (χ3n) is 4.16. The molecular weight excluding hydrogens is 260 g/mol. The summed E-state index contributed by atoms with van der Waals surface area (Å²) in [6, 6.07) is 8.70. The fourth-order valence-corrected chi connectivity index (χ4v) is 3.08. The standard InChI is InChI=1S/C15H20N2O.ClH/c18-15(12-7-9-16-10-8-12)17-14-6-5-11-3-1-2-4-13(11)14;/h1-4,12,14,16H,5-10H2,(H,17,18);1H. The number of hydrogen-bond acceptors (Lipinski definition) is 2. The van der Waals surface area contributed by atoms with Crippen molar-refractivity contribution in [2.75, 3.05) is 13.1 Å². The summed E-state index contributed by atoms with van der Waals surface area (Å²) < 4.78 is 0. The highest BCUT2D eigenvalue weighted by molar-refractivity contribution is 5.85. The summed E-state index contributed by atoms with van der Waals surface area (Å²) >= 11 is 0. The van der Waals surface area contributed by atoms with Crippen LogP contribution in [0.25, 0.3) is 0 Å². The van der Waals surface area contributed by atoms with Crippen molar-refractivity contribution < 1.29 is 4.79 Å². The first-order valence-corrected chi connectivity index (χ1v) is 6.93. The third-order valence-corrected chi connectivity index (χ3v) is 4.16. The van der Waals surface area contributed by atoms with Gasteiger partial charge in [0.1, 0.15) is 0 Å². The van der Waals surface area contributed by atoms with Crippen LogP contribution in [0.1, 0.15) is 36.4 Å². The molecule has 4 heteroatoms. The Morgan fingerprint density at radius 1 is 1.16 bits per heavy atom. The van der Waals surface area contributed by atoms with Crippen molar-refractivity contribution in [1.82, 2.24) is 10.6 Å². The summed E-state index contributed by atoms with van der Waals surface area (Å²) in [5, 5.41) is 6.54. The summed E-state index contributed by atoms with van der Waals surface area (Å²) in [5.74, 6) is 0.456. The molecule has 0 saturated carbocycles. The van der Waals surface area contributed by atoms with Gasteiger partial charge in [0.05, 0.1) is 6.04 Å².